The maximum absolute atomic E-state index is 12.4. The van der Waals surface area contributed by atoms with E-state index in [0.717, 1.165) is 31.4 Å². The van der Waals surface area contributed by atoms with Crippen molar-refractivity contribution in [2.24, 2.45) is 5.73 Å². The minimum Gasteiger partial charge on any atom is -0.434 e. The summed E-state index contributed by atoms with van der Waals surface area (Å²) in [5.74, 6) is -0.819. The molecule has 5 rings (SSSR count). The van der Waals surface area contributed by atoms with Gasteiger partial charge in [-0.15, -0.1) is 0 Å². The number of para-hydroxylation sites is 2. The molecule has 1 saturated heterocycles. The first-order valence-corrected chi connectivity index (χ1v) is 21.6. The van der Waals surface area contributed by atoms with Crippen molar-refractivity contribution in [3.05, 3.63) is 77.2 Å². The Labute approximate surface area is 323 Å². The number of Topliss-reactive ketones (excluding diaryl/α,β-unsaturated/α-hetero) is 1. The van der Waals surface area contributed by atoms with Crippen molar-refractivity contribution in [1.82, 2.24) is 19.9 Å². The highest BCUT2D eigenvalue weighted by molar-refractivity contribution is 7.96. The number of halogens is 1. The number of sulfone groups is 1. The van der Waals surface area contributed by atoms with E-state index < -0.39 is 27.3 Å². The number of nitrogens with zero attached hydrogens (tertiary/aromatic N) is 2. The van der Waals surface area contributed by atoms with E-state index in [1.807, 2.05) is 25.3 Å². The quantitative estimate of drug-likeness (QED) is 0.0977. The first-order chi connectivity index (χ1) is 25.3. The molecule has 2 fully saturated rings. The van der Waals surface area contributed by atoms with Gasteiger partial charge >= 0.3 is 0 Å². The van der Waals surface area contributed by atoms with Gasteiger partial charge < -0.3 is 25.5 Å². The SMILES string of the molecule is C/C=C/C1(O)CCCCC1.CCCCN.CS(=O)(=O)Cc1ccc(Cl)cc1.CSNCC(=O)N1CCCC1C(=O)NCC(=O)c1nc2ccccc2o1. The number of amides is 2. The Morgan fingerprint density at radius 1 is 1.09 bits per heavy atom. The van der Waals surface area contributed by atoms with Crippen LogP contribution in [0.2, 0.25) is 5.02 Å². The molecule has 12 nitrogen and oxygen atoms in total. The molecule has 2 heterocycles. The summed E-state index contributed by atoms with van der Waals surface area (Å²) in [6.45, 7) is 5.45. The van der Waals surface area contributed by atoms with Crippen LogP contribution in [0.1, 0.15) is 87.9 Å². The third-order valence-corrected chi connectivity index (χ3v) is 9.84. The van der Waals surface area contributed by atoms with Gasteiger partial charge in [-0.1, -0.05) is 92.6 Å². The highest BCUT2D eigenvalue weighted by atomic mass is 35.5. The number of unbranched alkanes of at least 4 members (excludes halogenated alkanes) is 1. The van der Waals surface area contributed by atoms with Crippen LogP contribution in [0.25, 0.3) is 11.1 Å². The molecule has 53 heavy (non-hydrogen) atoms. The minimum absolute atomic E-state index is 0.0324. The fourth-order valence-electron chi connectivity index (χ4n) is 5.65. The number of hydrogen-bond donors (Lipinski definition) is 4. The van der Waals surface area contributed by atoms with Crippen LogP contribution in [0, 0.1) is 0 Å². The largest absolute Gasteiger partial charge is 0.434 e. The van der Waals surface area contributed by atoms with Crippen LogP contribution in [-0.4, -0.2) is 91.3 Å². The van der Waals surface area contributed by atoms with Gasteiger partial charge in [0.25, 0.3) is 5.89 Å². The summed E-state index contributed by atoms with van der Waals surface area (Å²) in [6.07, 6.45) is 16.2. The van der Waals surface area contributed by atoms with E-state index in [-0.39, 0.29) is 36.5 Å². The third-order valence-electron chi connectivity index (χ3n) is 8.30. The van der Waals surface area contributed by atoms with E-state index in [4.69, 9.17) is 21.8 Å². The van der Waals surface area contributed by atoms with Crippen molar-refractivity contribution in [3.8, 4) is 0 Å². The van der Waals surface area contributed by atoms with Crippen molar-refractivity contribution in [2.45, 2.75) is 89.0 Å². The Kier molecular flexibility index (Phi) is 21.0. The predicted molar refractivity (Wildman–Crippen MR) is 214 cm³/mol. The van der Waals surface area contributed by atoms with E-state index in [1.165, 1.54) is 50.3 Å². The molecule has 0 spiro atoms. The summed E-state index contributed by atoms with van der Waals surface area (Å²) in [5, 5.41) is 13.0. The molecule has 2 aromatic carbocycles. The number of ketones is 1. The van der Waals surface area contributed by atoms with Crippen molar-refractivity contribution < 1.29 is 32.3 Å². The lowest BCUT2D eigenvalue weighted by atomic mass is 9.85. The average Bonchev–Trinajstić information content (AvgIpc) is 3.80. The number of hydrogen-bond acceptors (Lipinski definition) is 11. The Balaban J connectivity index is 0.000000296. The fourth-order valence-corrected chi connectivity index (χ4v) is 6.85. The highest BCUT2D eigenvalue weighted by Gasteiger charge is 2.34. The molecule has 5 N–H and O–H groups in total. The van der Waals surface area contributed by atoms with Gasteiger partial charge in [-0.05, 0) is 81.7 Å². The van der Waals surface area contributed by atoms with E-state index in [0.29, 0.717) is 29.1 Å². The van der Waals surface area contributed by atoms with E-state index in [1.54, 1.807) is 53.4 Å². The van der Waals surface area contributed by atoms with Gasteiger partial charge in [-0.25, -0.2) is 13.4 Å². The highest BCUT2D eigenvalue weighted by Crippen LogP contribution is 2.28. The Morgan fingerprint density at radius 2 is 1.77 bits per heavy atom. The maximum atomic E-state index is 12.4. The normalized spacial score (nSPS) is 16.4. The number of rotatable bonds is 12. The van der Waals surface area contributed by atoms with Gasteiger partial charge in [-0.3, -0.25) is 19.1 Å². The molecule has 0 radical (unpaired) electrons. The zero-order valence-corrected chi connectivity index (χ0v) is 33.7. The van der Waals surface area contributed by atoms with Gasteiger partial charge in [0.1, 0.15) is 11.6 Å². The number of nitrogens with one attached hydrogen (secondary N) is 2. The standard InChI is InChI=1S/C17H20N4O4S.C9H16O.C8H9ClO2S.C4H11N/c1-26-19-10-15(23)21-8-4-6-12(21)16(24)18-9-13(22)17-20-11-5-2-3-7-14(11)25-17;1-2-6-9(10)7-4-3-5-8-9;1-12(10,11)6-7-2-4-8(9)5-3-7;1-2-3-4-5/h2-3,5,7,12,19H,4,6,8-10H2,1H3,(H,18,24);2,6,10H,3-5,7-8H2,1H3;2-5H,6H2,1H3;2-5H2,1H3/b;6-2+;;. The molecule has 1 atom stereocenters. The van der Waals surface area contributed by atoms with Crippen LogP contribution in [-0.2, 0) is 25.2 Å². The van der Waals surface area contributed by atoms with Crippen molar-refractivity contribution in [2.75, 3.05) is 38.7 Å². The molecule has 1 saturated carbocycles. The second kappa shape index (κ2) is 24.2. The summed E-state index contributed by atoms with van der Waals surface area (Å²) >= 11 is 6.99. The zero-order valence-electron chi connectivity index (χ0n) is 31.3. The number of aromatic nitrogens is 1. The number of aliphatic hydroxyl groups is 1. The predicted octanol–water partition coefficient (Wildman–Crippen LogP) is 5.87. The molecule has 294 valence electrons. The molecular weight excluding hydrogens is 738 g/mol. The van der Waals surface area contributed by atoms with E-state index >= 15 is 0 Å². The lowest BCUT2D eigenvalue weighted by Crippen LogP contribution is -2.48. The molecule has 1 unspecified atom stereocenters. The molecule has 2 aliphatic rings. The third kappa shape index (κ3) is 17.6. The Bertz CT molecular complexity index is 1660. The molecule has 2 amide bonds. The minimum atomic E-state index is -2.93. The molecule has 15 heteroatoms. The summed E-state index contributed by atoms with van der Waals surface area (Å²) in [7, 11) is -2.93. The van der Waals surface area contributed by atoms with Gasteiger partial charge in [-0.2, -0.15) is 0 Å². The summed E-state index contributed by atoms with van der Waals surface area (Å²) in [5.41, 5.74) is 6.57. The zero-order chi connectivity index (χ0) is 39.3. The van der Waals surface area contributed by atoms with Crippen LogP contribution >= 0.6 is 23.5 Å². The Morgan fingerprint density at radius 3 is 2.34 bits per heavy atom. The average molecular weight is 794 g/mol. The summed E-state index contributed by atoms with van der Waals surface area (Å²) in [4.78, 5) is 42.5. The number of allylic oxidation sites excluding steroid dienone is 1. The van der Waals surface area contributed by atoms with Crippen LogP contribution in [0.3, 0.4) is 0 Å². The van der Waals surface area contributed by atoms with E-state index in [9.17, 15) is 27.9 Å². The lowest BCUT2D eigenvalue weighted by Gasteiger charge is -2.28. The van der Waals surface area contributed by atoms with Gasteiger partial charge in [0.2, 0.25) is 17.6 Å². The van der Waals surface area contributed by atoms with Crippen molar-refractivity contribution in [1.29, 1.82) is 0 Å². The monoisotopic (exact) mass is 793 g/mol. The number of likely N-dealkylation sites (tertiary alicyclic amines) is 1. The molecular formula is C38H56ClN5O7S2. The topological polar surface area (TPSA) is 185 Å². The summed E-state index contributed by atoms with van der Waals surface area (Å²) < 4.78 is 30.0. The van der Waals surface area contributed by atoms with Crippen LogP contribution < -0.4 is 15.8 Å². The van der Waals surface area contributed by atoms with Crippen molar-refractivity contribution in [3.63, 3.8) is 0 Å². The van der Waals surface area contributed by atoms with Crippen LogP contribution in [0.15, 0.2) is 65.1 Å². The van der Waals surface area contributed by atoms with Gasteiger partial charge in [0, 0.05) is 17.8 Å². The summed E-state index contributed by atoms with van der Waals surface area (Å²) in [6, 6.07) is 13.3. The smallest absolute Gasteiger partial charge is 0.266 e. The lowest BCUT2D eigenvalue weighted by molar-refractivity contribution is -0.137. The maximum Gasteiger partial charge on any atom is 0.266 e. The van der Waals surface area contributed by atoms with Crippen LogP contribution in [0.5, 0.6) is 0 Å². The Hall–Kier alpha value is -3.27. The van der Waals surface area contributed by atoms with E-state index in [2.05, 4.69) is 21.9 Å². The molecule has 1 aliphatic heterocycles. The number of oxazole rings is 1. The number of benzene rings is 2. The molecule has 1 aliphatic carbocycles. The first kappa shape index (κ1) is 45.9. The second-order valence-corrected chi connectivity index (χ2v) is 16.2. The van der Waals surface area contributed by atoms with Gasteiger partial charge in [0.15, 0.2) is 15.4 Å². The molecule has 3 aromatic rings. The fraction of sp³-hybridized carbons (Fsp3) is 0.526. The van der Waals surface area contributed by atoms with Crippen molar-refractivity contribution >= 4 is 62.1 Å². The number of carbonyl (C=O) groups is 3. The first-order valence-electron chi connectivity index (χ1n) is 18.0. The number of nitrogens with two attached hydrogens (primary N) is 1. The second-order valence-electron chi connectivity index (χ2n) is 12.9. The molecule has 0 bridgehead atoms. The number of carbonyl (C=O) groups excluding carboxylic acids is 3. The van der Waals surface area contributed by atoms with Crippen LogP contribution in [0.4, 0.5) is 0 Å². The molecule has 1 aromatic heterocycles. The number of fused-ring (bicyclic) bond motifs is 1. The van der Waals surface area contributed by atoms with Gasteiger partial charge in [0.05, 0.1) is 24.4 Å².